The summed E-state index contributed by atoms with van der Waals surface area (Å²) in [6, 6.07) is 6.07. The Balaban J connectivity index is 2.04. The first-order valence-electron chi connectivity index (χ1n) is 6.55. The molecule has 0 spiro atoms. The number of halogens is 1. The van der Waals surface area contributed by atoms with E-state index in [2.05, 4.69) is 10.6 Å². The summed E-state index contributed by atoms with van der Waals surface area (Å²) < 4.78 is 4.93. The van der Waals surface area contributed by atoms with Crippen molar-refractivity contribution in [2.45, 2.75) is 12.5 Å². The first kappa shape index (κ1) is 16.3. The third-order valence-corrected chi connectivity index (χ3v) is 3.56. The van der Waals surface area contributed by atoms with Crippen LogP contribution in [0.4, 0.5) is 10.5 Å². The van der Waals surface area contributed by atoms with Crippen LogP contribution in [0.5, 0.6) is 0 Å². The van der Waals surface area contributed by atoms with Gasteiger partial charge < -0.3 is 15.4 Å². The van der Waals surface area contributed by atoms with Crippen LogP contribution in [-0.2, 0) is 14.3 Å². The van der Waals surface area contributed by atoms with Gasteiger partial charge in [-0.2, -0.15) is 0 Å². The third kappa shape index (κ3) is 3.20. The number of carbonyl (C=O) groups excluding carboxylic acids is 3. The maximum absolute atomic E-state index is 12.2. The minimum atomic E-state index is -1.16. The predicted molar refractivity (Wildman–Crippen MR) is 80.6 cm³/mol. The van der Waals surface area contributed by atoms with Gasteiger partial charge in [0.05, 0.1) is 17.3 Å². The lowest BCUT2D eigenvalue weighted by Gasteiger charge is -2.20. The second-order valence-corrected chi connectivity index (χ2v) is 5.52. The van der Waals surface area contributed by atoms with E-state index in [0.717, 1.165) is 4.90 Å². The maximum Gasteiger partial charge on any atom is 0.325 e. The van der Waals surface area contributed by atoms with Crippen molar-refractivity contribution in [3.05, 3.63) is 29.3 Å². The van der Waals surface area contributed by atoms with E-state index in [1.54, 1.807) is 31.2 Å². The Labute approximate surface area is 132 Å². The third-order valence-electron chi connectivity index (χ3n) is 3.23. The molecule has 1 aliphatic heterocycles. The highest BCUT2D eigenvalue weighted by atomic mass is 35.5. The molecule has 1 atom stereocenters. The van der Waals surface area contributed by atoms with Crippen molar-refractivity contribution < 1.29 is 19.1 Å². The second kappa shape index (κ2) is 6.33. The van der Waals surface area contributed by atoms with E-state index in [0.29, 0.717) is 10.7 Å². The summed E-state index contributed by atoms with van der Waals surface area (Å²) in [7, 11) is 1.43. The highest BCUT2D eigenvalue weighted by molar-refractivity contribution is 6.33. The Morgan fingerprint density at radius 2 is 2.09 bits per heavy atom. The van der Waals surface area contributed by atoms with Crippen LogP contribution in [0, 0.1) is 0 Å². The Bertz CT molecular complexity index is 622. The van der Waals surface area contributed by atoms with Crippen molar-refractivity contribution in [2.24, 2.45) is 0 Å². The number of nitrogens with zero attached hydrogens (tertiary/aromatic N) is 1. The van der Waals surface area contributed by atoms with Gasteiger partial charge in [-0.15, -0.1) is 0 Å². The summed E-state index contributed by atoms with van der Waals surface area (Å²) in [5, 5.41) is 5.45. The number of ether oxygens (including phenoxy) is 1. The quantitative estimate of drug-likeness (QED) is 0.797. The molecule has 0 aliphatic carbocycles. The van der Waals surface area contributed by atoms with Crippen LogP contribution >= 0.6 is 11.6 Å². The number of rotatable bonds is 5. The van der Waals surface area contributed by atoms with Crippen molar-refractivity contribution in [1.29, 1.82) is 0 Å². The van der Waals surface area contributed by atoms with Crippen molar-refractivity contribution >= 4 is 35.1 Å². The van der Waals surface area contributed by atoms with E-state index in [-0.39, 0.29) is 6.61 Å². The van der Waals surface area contributed by atoms with E-state index >= 15 is 0 Å². The average molecular weight is 326 g/mol. The first-order valence-corrected chi connectivity index (χ1v) is 6.92. The van der Waals surface area contributed by atoms with Crippen molar-refractivity contribution in [1.82, 2.24) is 10.2 Å². The number of imide groups is 1. The van der Waals surface area contributed by atoms with Gasteiger partial charge in [0.25, 0.3) is 5.91 Å². The largest absolute Gasteiger partial charge is 0.382 e. The van der Waals surface area contributed by atoms with Crippen molar-refractivity contribution in [3.8, 4) is 0 Å². The molecule has 7 nitrogen and oxygen atoms in total. The monoisotopic (exact) mass is 325 g/mol. The molecule has 1 aromatic rings. The smallest absolute Gasteiger partial charge is 0.325 e. The number of hydrogen-bond donors (Lipinski definition) is 2. The zero-order chi connectivity index (χ0) is 16.3. The number of anilines is 1. The molecule has 1 aliphatic rings. The van der Waals surface area contributed by atoms with Gasteiger partial charge in [-0.3, -0.25) is 14.5 Å². The van der Waals surface area contributed by atoms with Crippen LogP contribution in [0.15, 0.2) is 24.3 Å². The zero-order valence-electron chi connectivity index (χ0n) is 12.2. The van der Waals surface area contributed by atoms with Gasteiger partial charge in [-0.25, -0.2) is 4.79 Å². The van der Waals surface area contributed by atoms with Crippen LogP contribution in [0.2, 0.25) is 5.02 Å². The Morgan fingerprint density at radius 3 is 2.73 bits per heavy atom. The maximum atomic E-state index is 12.2. The lowest BCUT2D eigenvalue weighted by molar-refractivity contribution is -0.134. The Hall–Kier alpha value is -2.12. The molecule has 1 heterocycles. The average Bonchev–Trinajstić information content (AvgIpc) is 2.65. The van der Waals surface area contributed by atoms with E-state index < -0.39 is 29.9 Å². The SMILES string of the molecule is COC[C@@]1(C)NC(=O)N(CC(=O)Nc2ccccc2Cl)C1=O. The highest BCUT2D eigenvalue weighted by Gasteiger charge is 2.48. The van der Waals surface area contributed by atoms with E-state index in [1.807, 2.05) is 0 Å². The summed E-state index contributed by atoms with van der Waals surface area (Å²) in [6.45, 7) is 1.18. The molecule has 0 radical (unpaired) electrons. The molecule has 0 saturated carbocycles. The minimum Gasteiger partial charge on any atom is -0.382 e. The molecule has 1 fully saturated rings. The van der Waals surface area contributed by atoms with Crippen molar-refractivity contribution in [3.63, 3.8) is 0 Å². The van der Waals surface area contributed by atoms with Gasteiger partial charge in [0.15, 0.2) is 0 Å². The molecule has 118 valence electrons. The fraction of sp³-hybridized carbons (Fsp3) is 0.357. The van der Waals surface area contributed by atoms with Gasteiger partial charge in [0, 0.05) is 7.11 Å². The van der Waals surface area contributed by atoms with Crippen LogP contribution in [0.1, 0.15) is 6.92 Å². The number of benzene rings is 1. The summed E-state index contributed by atoms with van der Waals surface area (Å²) in [5.74, 6) is -1.02. The van der Waals surface area contributed by atoms with E-state index in [9.17, 15) is 14.4 Å². The number of carbonyl (C=O) groups is 3. The highest BCUT2D eigenvalue weighted by Crippen LogP contribution is 2.21. The van der Waals surface area contributed by atoms with Crippen LogP contribution in [0.25, 0.3) is 0 Å². The fourth-order valence-corrected chi connectivity index (χ4v) is 2.36. The van der Waals surface area contributed by atoms with Crippen LogP contribution < -0.4 is 10.6 Å². The number of nitrogens with one attached hydrogen (secondary N) is 2. The summed E-state index contributed by atoms with van der Waals surface area (Å²) in [6.07, 6.45) is 0. The van der Waals surface area contributed by atoms with Gasteiger partial charge in [0.1, 0.15) is 12.1 Å². The molecule has 0 unspecified atom stereocenters. The number of para-hydroxylation sites is 1. The molecule has 22 heavy (non-hydrogen) atoms. The normalized spacial score (nSPS) is 21.0. The topological polar surface area (TPSA) is 87.7 Å². The first-order chi connectivity index (χ1) is 10.4. The fourth-order valence-electron chi connectivity index (χ4n) is 2.17. The molecule has 0 bridgehead atoms. The number of hydrogen-bond acceptors (Lipinski definition) is 4. The number of urea groups is 1. The number of amides is 4. The Morgan fingerprint density at radius 1 is 1.41 bits per heavy atom. The van der Waals surface area contributed by atoms with Gasteiger partial charge in [-0.05, 0) is 19.1 Å². The molecular formula is C14H16ClN3O4. The Kier molecular flexibility index (Phi) is 4.68. The van der Waals surface area contributed by atoms with E-state index in [4.69, 9.17) is 16.3 Å². The molecule has 1 aromatic carbocycles. The lowest BCUT2D eigenvalue weighted by atomic mass is 10.0. The lowest BCUT2D eigenvalue weighted by Crippen LogP contribution is -2.48. The van der Waals surface area contributed by atoms with Gasteiger partial charge in [0.2, 0.25) is 5.91 Å². The van der Waals surface area contributed by atoms with Gasteiger partial charge >= 0.3 is 6.03 Å². The van der Waals surface area contributed by atoms with E-state index in [1.165, 1.54) is 7.11 Å². The molecule has 1 saturated heterocycles. The molecular weight excluding hydrogens is 310 g/mol. The standard InChI is InChI=1S/C14H16ClN3O4/c1-14(8-22-2)12(20)18(13(21)17-14)7-11(19)16-10-6-4-3-5-9(10)15/h3-6H,7-8H2,1-2H3,(H,16,19)(H,17,21)/t14-/m1/s1. The molecule has 4 amide bonds. The summed E-state index contributed by atoms with van der Waals surface area (Å²) in [4.78, 5) is 37.0. The van der Waals surface area contributed by atoms with Crippen LogP contribution in [0.3, 0.4) is 0 Å². The number of methoxy groups -OCH3 is 1. The second-order valence-electron chi connectivity index (χ2n) is 5.11. The molecule has 2 N–H and O–H groups in total. The summed E-state index contributed by atoms with van der Waals surface area (Å²) in [5.41, 5.74) is -0.739. The zero-order valence-corrected chi connectivity index (χ0v) is 12.9. The predicted octanol–water partition coefficient (Wildman–Crippen LogP) is 1.24. The molecule has 2 rings (SSSR count). The summed E-state index contributed by atoms with van der Waals surface area (Å²) >= 11 is 5.94. The van der Waals surface area contributed by atoms with Crippen LogP contribution in [-0.4, -0.2) is 48.5 Å². The molecule has 8 heteroatoms. The van der Waals surface area contributed by atoms with Crippen molar-refractivity contribution in [2.75, 3.05) is 25.6 Å². The molecule has 0 aromatic heterocycles. The minimum absolute atomic E-state index is 0.0280. The van der Waals surface area contributed by atoms with Gasteiger partial charge in [-0.1, -0.05) is 23.7 Å².